The van der Waals surface area contributed by atoms with Crippen molar-refractivity contribution in [1.29, 1.82) is 0 Å². The smallest absolute Gasteiger partial charge is 0.206 e. The van der Waals surface area contributed by atoms with Crippen LogP contribution in [-0.4, -0.2) is 20.3 Å². The first-order valence-electron chi connectivity index (χ1n) is 2.56. The second-order valence-electron chi connectivity index (χ2n) is 1.82. The lowest BCUT2D eigenvalue weighted by molar-refractivity contribution is 0.125. The summed E-state index contributed by atoms with van der Waals surface area (Å²) in [5.41, 5.74) is 0. The molecule has 0 N–H and O–H groups in total. The highest BCUT2D eigenvalue weighted by Crippen LogP contribution is 2.39. The minimum absolute atomic E-state index is 0.434. The first-order valence-corrected chi connectivity index (χ1v) is 5.26. The number of rotatable bonds is 4. The fourth-order valence-corrected chi connectivity index (χ4v) is 1.59. The summed E-state index contributed by atoms with van der Waals surface area (Å²) in [7, 11) is 0. The Labute approximate surface area is 92.5 Å². The van der Waals surface area contributed by atoms with Crippen molar-refractivity contribution in [3.63, 3.8) is 0 Å². The van der Waals surface area contributed by atoms with Gasteiger partial charge in [-0.05, 0) is 11.6 Å². The van der Waals surface area contributed by atoms with Gasteiger partial charge in [-0.3, -0.25) is 0 Å². The predicted octanol–water partition coefficient (Wildman–Crippen LogP) is 3.91. The van der Waals surface area contributed by atoms with Gasteiger partial charge in [-0.25, -0.2) is 4.39 Å². The number of thiol groups is 1. The Morgan fingerprint density at radius 1 is 1.25 bits per heavy atom. The summed E-state index contributed by atoms with van der Waals surface area (Å²) in [5, 5.41) is -3.40. The molecule has 0 radical (unpaired) electrons. The maximum Gasteiger partial charge on any atom is 0.330 e. The molecule has 1 atom stereocenters. The van der Waals surface area contributed by atoms with Crippen LogP contribution in [0.5, 0.6) is 0 Å². The van der Waals surface area contributed by atoms with Crippen LogP contribution in [0.3, 0.4) is 0 Å². The number of halogens is 6. The summed E-state index contributed by atoms with van der Waals surface area (Å²) >= 11 is 18.4. The maximum absolute atomic E-state index is 12.5. The summed E-state index contributed by atoms with van der Waals surface area (Å²) in [6, 6.07) is 0. The van der Waals surface area contributed by atoms with E-state index in [2.05, 4.69) is 24.2 Å². The minimum Gasteiger partial charge on any atom is -0.206 e. The molecule has 0 saturated carbocycles. The fraction of sp³-hybridized carbons (Fsp3) is 1.00. The van der Waals surface area contributed by atoms with Crippen molar-refractivity contribution in [2.75, 3.05) is 5.75 Å². The highest BCUT2D eigenvalue weighted by Gasteiger charge is 2.35. The lowest BCUT2D eigenvalue weighted by atomic mass is 10.8. The van der Waals surface area contributed by atoms with Gasteiger partial charge in [-0.1, -0.05) is 23.2 Å². The molecule has 0 aromatic carbocycles. The molecule has 0 fully saturated rings. The standard InChI is InChI=1S/C4H4Cl3F3S2/c5-3(8,9)1-12-2(11)4(6,7)10/h2,11H,1H2. The minimum atomic E-state index is -3.40. The molecule has 0 nitrogen and oxygen atoms in total. The van der Waals surface area contributed by atoms with Crippen LogP contribution in [0.15, 0.2) is 0 Å². The summed E-state index contributed by atoms with van der Waals surface area (Å²) in [6.45, 7) is 0. The molecule has 12 heavy (non-hydrogen) atoms. The van der Waals surface area contributed by atoms with Crippen molar-refractivity contribution in [1.82, 2.24) is 0 Å². The van der Waals surface area contributed by atoms with Crippen LogP contribution >= 0.6 is 59.2 Å². The van der Waals surface area contributed by atoms with Crippen molar-refractivity contribution in [2.45, 2.75) is 14.6 Å². The number of alkyl halides is 6. The van der Waals surface area contributed by atoms with Crippen molar-refractivity contribution in [3.05, 3.63) is 0 Å². The molecule has 0 saturated heterocycles. The van der Waals surface area contributed by atoms with Crippen molar-refractivity contribution >= 4 is 59.2 Å². The topological polar surface area (TPSA) is 0 Å². The van der Waals surface area contributed by atoms with Gasteiger partial charge >= 0.3 is 5.38 Å². The molecule has 1 unspecified atom stereocenters. The first kappa shape index (κ1) is 13.4. The second kappa shape index (κ2) is 4.73. The first-order chi connectivity index (χ1) is 5.13. The molecule has 0 aromatic rings. The van der Waals surface area contributed by atoms with Gasteiger partial charge in [0.15, 0.2) is 0 Å². The van der Waals surface area contributed by atoms with Gasteiger partial charge in [-0.2, -0.15) is 21.4 Å². The second-order valence-corrected chi connectivity index (χ2v) is 5.63. The van der Waals surface area contributed by atoms with Gasteiger partial charge in [0, 0.05) is 0 Å². The molecule has 0 rings (SSSR count). The maximum atomic E-state index is 12.5. The molecule has 0 heterocycles. The molecule has 8 heteroatoms. The zero-order valence-electron chi connectivity index (χ0n) is 5.41. The summed E-state index contributed by atoms with van der Waals surface area (Å²) in [5.74, 6) is -0.798. The van der Waals surface area contributed by atoms with E-state index in [1.54, 1.807) is 0 Å². The zero-order valence-corrected chi connectivity index (χ0v) is 9.39. The average Bonchev–Trinajstić information content (AvgIpc) is 1.78. The lowest BCUT2D eigenvalue weighted by Gasteiger charge is -2.18. The quantitative estimate of drug-likeness (QED) is 0.462. The van der Waals surface area contributed by atoms with Gasteiger partial charge in [0.1, 0.15) is 4.58 Å². The van der Waals surface area contributed by atoms with E-state index >= 15 is 0 Å². The fourth-order valence-electron chi connectivity index (χ4n) is 0.268. The molecule has 0 spiro atoms. The SMILES string of the molecule is FC(F)(Cl)CSC(S)C(F)(Cl)Cl. The predicted molar refractivity (Wildman–Crippen MR) is 51.6 cm³/mol. The van der Waals surface area contributed by atoms with Crippen molar-refractivity contribution in [3.8, 4) is 0 Å². The van der Waals surface area contributed by atoms with Gasteiger partial charge in [0.25, 0.3) is 4.59 Å². The molecule has 74 valence electrons. The Hall–Kier alpha value is 1.36. The Morgan fingerprint density at radius 3 is 1.92 bits per heavy atom. The van der Waals surface area contributed by atoms with E-state index in [1.807, 2.05) is 0 Å². The summed E-state index contributed by atoms with van der Waals surface area (Å²) < 4.78 is 32.5. The third-order valence-electron chi connectivity index (χ3n) is 0.685. The van der Waals surface area contributed by atoms with Gasteiger partial charge < -0.3 is 0 Å². The van der Waals surface area contributed by atoms with E-state index in [1.165, 1.54) is 0 Å². The van der Waals surface area contributed by atoms with Crippen LogP contribution < -0.4 is 0 Å². The van der Waals surface area contributed by atoms with Crippen LogP contribution in [0.4, 0.5) is 13.2 Å². The molecule has 0 amide bonds. The highest BCUT2D eigenvalue weighted by molar-refractivity contribution is 8.10. The van der Waals surface area contributed by atoms with Crippen LogP contribution in [0.1, 0.15) is 0 Å². The third-order valence-corrected chi connectivity index (χ3v) is 3.95. The summed E-state index contributed by atoms with van der Waals surface area (Å²) in [4.78, 5) is 0. The van der Waals surface area contributed by atoms with Crippen LogP contribution in [0.2, 0.25) is 0 Å². The largest absolute Gasteiger partial charge is 0.330 e. The number of hydrogen-bond acceptors (Lipinski definition) is 2. The van der Waals surface area contributed by atoms with E-state index in [9.17, 15) is 13.2 Å². The molecular weight excluding hydrogens is 276 g/mol. The van der Waals surface area contributed by atoms with Crippen molar-refractivity contribution in [2.24, 2.45) is 0 Å². The molecule has 0 aliphatic carbocycles. The average molecular weight is 280 g/mol. The lowest BCUT2D eigenvalue weighted by Crippen LogP contribution is -2.21. The number of hydrogen-bond donors (Lipinski definition) is 1. The molecule has 0 bridgehead atoms. The third kappa shape index (κ3) is 6.83. The Kier molecular flexibility index (Phi) is 5.27. The Balaban J connectivity index is 3.80. The highest BCUT2D eigenvalue weighted by atomic mass is 35.5. The number of thioether (sulfide) groups is 1. The monoisotopic (exact) mass is 278 g/mol. The van der Waals surface area contributed by atoms with E-state index in [-0.39, 0.29) is 0 Å². The summed E-state index contributed by atoms with van der Waals surface area (Å²) in [6.07, 6.45) is 0. The van der Waals surface area contributed by atoms with Gasteiger partial charge in [0.2, 0.25) is 0 Å². The van der Waals surface area contributed by atoms with Crippen LogP contribution in [0, 0.1) is 0 Å². The van der Waals surface area contributed by atoms with E-state index in [0.717, 1.165) is 0 Å². The van der Waals surface area contributed by atoms with Crippen molar-refractivity contribution < 1.29 is 13.2 Å². The van der Waals surface area contributed by atoms with Crippen LogP contribution in [-0.2, 0) is 0 Å². The molecule has 0 aromatic heterocycles. The Morgan fingerprint density at radius 2 is 1.67 bits per heavy atom. The normalized spacial score (nSPS) is 16.2. The molecular formula is C4H4Cl3F3S2. The van der Waals surface area contributed by atoms with E-state index in [4.69, 9.17) is 23.2 Å². The van der Waals surface area contributed by atoms with Crippen LogP contribution in [0.25, 0.3) is 0 Å². The molecule has 0 aliphatic heterocycles. The van der Waals surface area contributed by atoms with Gasteiger partial charge in [0.05, 0.1) is 5.75 Å². The van der Waals surface area contributed by atoms with Gasteiger partial charge in [-0.15, -0.1) is 11.8 Å². The van der Waals surface area contributed by atoms with E-state index < -0.39 is 20.3 Å². The zero-order chi connectivity index (χ0) is 9.99. The molecule has 0 aliphatic rings. The Bertz CT molecular complexity index is 143. The van der Waals surface area contributed by atoms with E-state index in [0.29, 0.717) is 11.8 Å².